The van der Waals surface area contributed by atoms with Crippen molar-refractivity contribution in [1.82, 2.24) is 5.48 Å². The van der Waals surface area contributed by atoms with Crippen LogP contribution in [0.3, 0.4) is 0 Å². The van der Waals surface area contributed by atoms with E-state index in [-0.39, 0.29) is 12.1 Å². The summed E-state index contributed by atoms with van der Waals surface area (Å²) in [7, 11) is 0. The Hall–Kier alpha value is -2.10. The molecule has 108 valence electrons. The van der Waals surface area contributed by atoms with Gasteiger partial charge in [-0.2, -0.15) is 0 Å². The Labute approximate surface area is 125 Å². The van der Waals surface area contributed by atoms with Crippen LogP contribution < -0.4 is 11.2 Å². The average Bonchev–Trinajstić information content (AvgIpc) is 2.98. The molecule has 3 N–H and O–H groups in total. The van der Waals surface area contributed by atoms with Gasteiger partial charge in [-0.05, 0) is 23.6 Å². The van der Waals surface area contributed by atoms with Crippen molar-refractivity contribution in [3.8, 4) is 0 Å². The monoisotopic (exact) mass is 280 g/mol. The predicted octanol–water partition coefficient (Wildman–Crippen LogP) is 2.59. The zero-order valence-electron chi connectivity index (χ0n) is 11.9. The molecule has 0 bridgehead atoms. The molecule has 2 aromatic carbocycles. The van der Waals surface area contributed by atoms with Crippen LogP contribution in [0.15, 0.2) is 72.4 Å². The van der Waals surface area contributed by atoms with E-state index >= 15 is 0 Å². The summed E-state index contributed by atoms with van der Waals surface area (Å²) in [5, 5.41) is 0. The molecular weight excluding hydrogens is 260 g/mol. The Morgan fingerprint density at radius 1 is 0.952 bits per heavy atom. The van der Waals surface area contributed by atoms with Crippen molar-refractivity contribution in [2.75, 3.05) is 0 Å². The lowest BCUT2D eigenvalue weighted by Crippen LogP contribution is -2.36. The maximum absolute atomic E-state index is 6.26. The van der Waals surface area contributed by atoms with E-state index in [1.807, 2.05) is 36.4 Å². The van der Waals surface area contributed by atoms with Crippen molar-refractivity contribution < 1.29 is 4.84 Å². The minimum Gasteiger partial charge on any atom is -0.325 e. The molecule has 1 heterocycles. The molecule has 0 spiro atoms. The standard InChI is InChI=1S/C18H20N2O/c19-17(12-15-9-5-2-6-10-15)18-13-16(20-21-18)11-14-7-3-1-4-8-14/h1-10,13,17-18,20H,11-12,19H2/t17-,18+/m0/s1. The fraction of sp³-hybridized carbons (Fsp3) is 0.222. The molecule has 21 heavy (non-hydrogen) atoms. The van der Waals surface area contributed by atoms with E-state index in [2.05, 4.69) is 35.8 Å². The normalized spacial score (nSPS) is 18.9. The first-order chi connectivity index (χ1) is 10.3. The van der Waals surface area contributed by atoms with E-state index in [1.165, 1.54) is 11.1 Å². The van der Waals surface area contributed by atoms with E-state index < -0.39 is 0 Å². The third-order valence-electron chi connectivity index (χ3n) is 3.67. The lowest BCUT2D eigenvalue weighted by atomic mass is 10.0. The Bertz CT molecular complexity index is 595. The molecule has 3 rings (SSSR count). The van der Waals surface area contributed by atoms with Crippen molar-refractivity contribution in [3.05, 3.63) is 83.6 Å². The molecule has 2 atom stereocenters. The lowest BCUT2D eigenvalue weighted by Gasteiger charge is -2.16. The maximum atomic E-state index is 6.26. The SMILES string of the molecule is N[C@@H](Cc1ccccc1)[C@H]1C=C(Cc2ccccc2)NO1. The minimum atomic E-state index is -0.0797. The van der Waals surface area contributed by atoms with Gasteiger partial charge in [0.1, 0.15) is 6.10 Å². The highest BCUT2D eigenvalue weighted by molar-refractivity contribution is 5.24. The molecule has 0 amide bonds. The number of hydroxylamine groups is 1. The first kappa shape index (κ1) is 13.9. The highest BCUT2D eigenvalue weighted by Gasteiger charge is 2.23. The number of nitrogens with one attached hydrogen (secondary N) is 1. The highest BCUT2D eigenvalue weighted by atomic mass is 16.7. The van der Waals surface area contributed by atoms with Crippen molar-refractivity contribution in [3.63, 3.8) is 0 Å². The number of nitrogens with two attached hydrogens (primary N) is 1. The second-order valence-corrected chi connectivity index (χ2v) is 5.39. The Morgan fingerprint density at radius 2 is 1.57 bits per heavy atom. The molecule has 2 aromatic rings. The number of rotatable bonds is 5. The van der Waals surface area contributed by atoms with Crippen LogP contribution in [0.2, 0.25) is 0 Å². The van der Waals surface area contributed by atoms with Crippen molar-refractivity contribution in [2.45, 2.75) is 25.0 Å². The maximum Gasteiger partial charge on any atom is 0.121 e. The van der Waals surface area contributed by atoms with Gasteiger partial charge in [0.15, 0.2) is 0 Å². The molecule has 1 aliphatic rings. The zero-order chi connectivity index (χ0) is 14.5. The summed E-state index contributed by atoms with van der Waals surface area (Å²) in [6.07, 6.45) is 3.67. The summed E-state index contributed by atoms with van der Waals surface area (Å²) < 4.78 is 0. The van der Waals surface area contributed by atoms with Crippen LogP contribution in [0.4, 0.5) is 0 Å². The summed E-state index contributed by atoms with van der Waals surface area (Å²) >= 11 is 0. The fourth-order valence-corrected chi connectivity index (χ4v) is 2.53. The molecule has 3 heteroatoms. The van der Waals surface area contributed by atoms with Gasteiger partial charge >= 0.3 is 0 Å². The van der Waals surface area contributed by atoms with Gasteiger partial charge in [-0.3, -0.25) is 10.3 Å². The topological polar surface area (TPSA) is 47.3 Å². The van der Waals surface area contributed by atoms with Gasteiger partial charge in [-0.1, -0.05) is 60.7 Å². The second kappa shape index (κ2) is 6.57. The fourth-order valence-electron chi connectivity index (χ4n) is 2.53. The average molecular weight is 280 g/mol. The molecule has 3 nitrogen and oxygen atoms in total. The van der Waals surface area contributed by atoms with Crippen LogP contribution in [0.1, 0.15) is 11.1 Å². The van der Waals surface area contributed by atoms with Gasteiger partial charge in [-0.25, -0.2) is 0 Å². The Kier molecular flexibility index (Phi) is 4.34. The van der Waals surface area contributed by atoms with Crippen molar-refractivity contribution in [2.24, 2.45) is 5.73 Å². The molecule has 0 fully saturated rings. The van der Waals surface area contributed by atoms with Gasteiger partial charge in [-0.15, -0.1) is 0 Å². The van der Waals surface area contributed by atoms with Gasteiger partial charge in [0.05, 0.1) is 0 Å². The summed E-state index contributed by atoms with van der Waals surface area (Å²) in [6.45, 7) is 0. The van der Waals surface area contributed by atoms with E-state index in [0.29, 0.717) is 0 Å². The number of hydrogen-bond acceptors (Lipinski definition) is 3. The largest absolute Gasteiger partial charge is 0.325 e. The van der Waals surface area contributed by atoms with Gasteiger partial charge in [0, 0.05) is 18.2 Å². The molecule has 0 saturated carbocycles. The predicted molar refractivity (Wildman–Crippen MR) is 84.4 cm³/mol. The molecule has 1 aliphatic heterocycles. The third-order valence-corrected chi connectivity index (χ3v) is 3.67. The van der Waals surface area contributed by atoms with Crippen LogP contribution in [0.25, 0.3) is 0 Å². The molecule has 0 aliphatic carbocycles. The van der Waals surface area contributed by atoms with Gasteiger partial charge in [0.2, 0.25) is 0 Å². The van der Waals surface area contributed by atoms with Crippen LogP contribution in [0.5, 0.6) is 0 Å². The lowest BCUT2D eigenvalue weighted by molar-refractivity contribution is 0.0279. The van der Waals surface area contributed by atoms with E-state index in [1.54, 1.807) is 0 Å². The van der Waals surface area contributed by atoms with Crippen LogP contribution in [-0.2, 0) is 17.7 Å². The van der Waals surface area contributed by atoms with Crippen molar-refractivity contribution >= 4 is 0 Å². The summed E-state index contributed by atoms with van der Waals surface area (Å²) in [4.78, 5) is 5.60. The summed E-state index contributed by atoms with van der Waals surface area (Å²) in [6, 6.07) is 20.6. The van der Waals surface area contributed by atoms with Crippen molar-refractivity contribution in [1.29, 1.82) is 0 Å². The van der Waals surface area contributed by atoms with Gasteiger partial charge < -0.3 is 5.73 Å². The molecule has 0 unspecified atom stereocenters. The smallest absolute Gasteiger partial charge is 0.121 e. The second-order valence-electron chi connectivity index (χ2n) is 5.39. The minimum absolute atomic E-state index is 0.0480. The first-order valence-electron chi connectivity index (χ1n) is 7.27. The molecule has 0 radical (unpaired) electrons. The van der Waals surface area contributed by atoms with Crippen LogP contribution in [-0.4, -0.2) is 12.1 Å². The van der Waals surface area contributed by atoms with E-state index in [0.717, 1.165) is 18.5 Å². The molecule has 0 saturated heterocycles. The summed E-state index contributed by atoms with van der Waals surface area (Å²) in [5.74, 6) is 0. The number of benzene rings is 2. The molecule has 0 aromatic heterocycles. The van der Waals surface area contributed by atoms with Gasteiger partial charge in [0.25, 0.3) is 0 Å². The highest BCUT2D eigenvalue weighted by Crippen LogP contribution is 2.16. The number of allylic oxidation sites excluding steroid dienone is 1. The Morgan fingerprint density at radius 3 is 2.24 bits per heavy atom. The number of hydrogen-bond donors (Lipinski definition) is 2. The Balaban J connectivity index is 1.60. The van der Waals surface area contributed by atoms with E-state index in [9.17, 15) is 0 Å². The van der Waals surface area contributed by atoms with Crippen LogP contribution in [0, 0.1) is 0 Å². The zero-order valence-corrected chi connectivity index (χ0v) is 11.9. The van der Waals surface area contributed by atoms with E-state index in [4.69, 9.17) is 10.6 Å². The quantitative estimate of drug-likeness (QED) is 0.885. The molecular formula is C18H20N2O. The summed E-state index contributed by atoms with van der Waals surface area (Å²) in [5.41, 5.74) is 12.8. The first-order valence-corrected chi connectivity index (χ1v) is 7.27. The third kappa shape index (κ3) is 3.72. The van der Waals surface area contributed by atoms with Crippen LogP contribution >= 0.6 is 0 Å².